The minimum absolute atomic E-state index is 0. The molecular weight excluding hydrogens is 482 g/mol. The van der Waals surface area contributed by atoms with Gasteiger partial charge < -0.3 is 16.0 Å². The molecule has 1 aliphatic heterocycles. The van der Waals surface area contributed by atoms with Crippen LogP contribution in [0.5, 0.6) is 0 Å². The second kappa shape index (κ2) is 8.74. The van der Waals surface area contributed by atoms with Crippen LogP contribution in [0.4, 0.5) is 0 Å². The van der Waals surface area contributed by atoms with Gasteiger partial charge >= 0.3 is 0 Å². The summed E-state index contributed by atoms with van der Waals surface area (Å²) in [6, 6.07) is 8.16. The number of nitrogens with zero attached hydrogens (tertiary/aromatic N) is 3. The highest BCUT2D eigenvalue weighted by atomic mass is 32.2. The van der Waals surface area contributed by atoms with Crippen LogP contribution >= 0.6 is 0 Å². The molecule has 1 unspecified atom stereocenters. The van der Waals surface area contributed by atoms with Gasteiger partial charge in [0.25, 0.3) is 0 Å². The first-order valence-electron chi connectivity index (χ1n) is 8.68. The maximum Gasteiger partial charge on any atom is 0.240 e. The summed E-state index contributed by atoms with van der Waals surface area (Å²) in [5.41, 5.74) is 0.266. The molecule has 32 heavy (non-hydrogen) atoms. The number of hydrogen-bond donors (Lipinski definition) is 4. The molecule has 7 N–H and O–H groups in total. The first kappa shape index (κ1) is 24.1. The second-order valence-electron chi connectivity index (χ2n) is 6.68. The van der Waals surface area contributed by atoms with Crippen molar-refractivity contribution >= 4 is 30.9 Å². The fraction of sp³-hybridized carbons (Fsp3) is 0.188. The van der Waals surface area contributed by atoms with E-state index in [0.717, 1.165) is 6.07 Å². The van der Waals surface area contributed by atoms with Crippen LogP contribution in [0.1, 0.15) is 0 Å². The van der Waals surface area contributed by atoms with Gasteiger partial charge in [0.2, 0.25) is 15.8 Å². The zero-order valence-corrected chi connectivity index (χ0v) is 18.7. The molecule has 0 spiro atoms. The van der Waals surface area contributed by atoms with Crippen molar-refractivity contribution in [1.29, 1.82) is 0 Å². The van der Waals surface area contributed by atoms with Crippen molar-refractivity contribution in [3.8, 4) is 22.5 Å². The highest BCUT2D eigenvalue weighted by Crippen LogP contribution is 2.40. The van der Waals surface area contributed by atoms with Crippen molar-refractivity contribution in [2.24, 2.45) is 5.14 Å². The Kier molecular flexibility index (Phi) is 6.57. The third-order valence-electron chi connectivity index (χ3n) is 4.80. The molecule has 16 heteroatoms. The number of benzene rings is 2. The standard InChI is InChI=1S/C16H16N6O6S3.H3N/c17-31(27,28)15-13(30(25,26)11-7-18-8-11)5-4-12(14(15)16-19-21-22-20-16)9-2-1-3-10(6-9)29(23)24;/h1-6,11,18H,7-8H2,(H,23,24)(H2,17,27,28)(H,19,20,21,22);1H3/p-1. The second-order valence-corrected chi connectivity index (χ2v) is 11.3. The number of primary sulfonamides is 1. The third-order valence-corrected chi connectivity index (χ3v) is 8.73. The van der Waals surface area contributed by atoms with Gasteiger partial charge in [0.15, 0.2) is 9.84 Å². The molecule has 2 aromatic carbocycles. The summed E-state index contributed by atoms with van der Waals surface area (Å²) in [5, 5.41) is 20.7. The van der Waals surface area contributed by atoms with Crippen LogP contribution in [0.2, 0.25) is 0 Å². The van der Waals surface area contributed by atoms with Crippen LogP contribution < -0.4 is 16.6 Å². The van der Waals surface area contributed by atoms with Crippen molar-refractivity contribution < 1.29 is 25.6 Å². The Morgan fingerprint density at radius 3 is 2.38 bits per heavy atom. The fourth-order valence-corrected chi connectivity index (χ4v) is 6.82. The van der Waals surface area contributed by atoms with Gasteiger partial charge in [-0.1, -0.05) is 18.2 Å². The van der Waals surface area contributed by atoms with E-state index in [2.05, 4.69) is 25.9 Å². The third kappa shape index (κ3) is 4.20. The van der Waals surface area contributed by atoms with Gasteiger partial charge in [-0.25, -0.2) is 22.0 Å². The molecule has 0 bridgehead atoms. The summed E-state index contributed by atoms with van der Waals surface area (Å²) < 4.78 is 74.2. The van der Waals surface area contributed by atoms with Crippen molar-refractivity contribution in [3.63, 3.8) is 0 Å². The van der Waals surface area contributed by atoms with Crippen molar-refractivity contribution in [3.05, 3.63) is 36.4 Å². The monoisotopic (exact) mass is 500 g/mol. The molecule has 172 valence electrons. The predicted molar refractivity (Wildman–Crippen MR) is 112 cm³/mol. The molecule has 0 amide bonds. The van der Waals surface area contributed by atoms with E-state index in [9.17, 15) is 25.6 Å². The SMILES string of the molecule is N.NS(=O)(=O)c1c(S(=O)(=O)C2CNC2)ccc(-c2cccc(S(=O)[O-])c2)c1-c1nn[nH]n1. The minimum atomic E-state index is -4.59. The lowest BCUT2D eigenvalue weighted by Gasteiger charge is -2.28. The quantitative estimate of drug-likeness (QED) is 0.309. The molecular formula is C16H18N7O6S3-. The summed E-state index contributed by atoms with van der Waals surface area (Å²) in [7, 11) is -8.65. The van der Waals surface area contributed by atoms with Crippen LogP contribution in [0.15, 0.2) is 51.1 Å². The highest BCUT2D eigenvalue weighted by molar-refractivity contribution is 7.94. The summed E-state index contributed by atoms with van der Waals surface area (Å²) in [6.45, 7) is 0.339. The molecule has 13 nitrogen and oxygen atoms in total. The number of aromatic nitrogens is 4. The first-order valence-corrected chi connectivity index (χ1v) is 12.9. The number of hydrogen-bond acceptors (Lipinski definition) is 11. The Bertz CT molecular complexity index is 1390. The molecule has 4 rings (SSSR count). The number of nitrogens with two attached hydrogens (primary N) is 1. The van der Waals surface area contributed by atoms with Crippen molar-refractivity contribution in [1.82, 2.24) is 32.1 Å². The Labute approximate surface area is 185 Å². The topological polar surface area (TPSA) is 236 Å². The Morgan fingerprint density at radius 2 is 1.84 bits per heavy atom. The molecule has 3 aromatic rings. The number of aromatic amines is 1. The number of H-pyrrole nitrogens is 1. The van der Waals surface area contributed by atoms with E-state index in [1.54, 1.807) is 0 Å². The highest BCUT2D eigenvalue weighted by Gasteiger charge is 2.38. The molecule has 1 fully saturated rings. The van der Waals surface area contributed by atoms with Crippen LogP contribution in [-0.2, 0) is 30.9 Å². The van der Waals surface area contributed by atoms with Crippen molar-refractivity contribution in [2.75, 3.05) is 13.1 Å². The van der Waals surface area contributed by atoms with Crippen LogP contribution in [0.25, 0.3) is 22.5 Å². The molecule has 1 aromatic heterocycles. The van der Waals surface area contributed by atoms with E-state index >= 15 is 0 Å². The molecule has 0 saturated carbocycles. The van der Waals surface area contributed by atoms with E-state index in [1.807, 2.05) is 0 Å². The molecule has 2 heterocycles. The van der Waals surface area contributed by atoms with E-state index in [1.165, 1.54) is 30.3 Å². The van der Waals surface area contributed by atoms with Crippen LogP contribution in [0, 0.1) is 0 Å². The normalized spacial score (nSPS) is 15.6. The average Bonchev–Trinajstić information content (AvgIpc) is 3.19. The Balaban J connectivity index is 0.00000289. The smallest absolute Gasteiger partial charge is 0.240 e. The largest absolute Gasteiger partial charge is 0.768 e. The first-order chi connectivity index (χ1) is 14.6. The van der Waals surface area contributed by atoms with E-state index < -0.39 is 46.0 Å². The van der Waals surface area contributed by atoms with Gasteiger partial charge in [-0.3, -0.25) is 4.21 Å². The van der Waals surface area contributed by atoms with Crippen molar-refractivity contribution in [2.45, 2.75) is 19.9 Å². The van der Waals surface area contributed by atoms with E-state index in [4.69, 9.17) is 5.14 Å². The van der Waals surface area contributed by atoms with Crippen LogP contribution in [0.3, 0.4) is 0 Å². The number of sulfonamides is 1. The number of rotatable bonds is 6. The van der Waals surface area contributed by atoms with E-state index in [0.29, 0.717) is 5.56 Å². The Morgan fingerprint density at radius 1 is 1.12 bits per heavy atom. The molecule has 0 radical (unpaired) electrons. The summed E-state index contributed by atoms with van der Waals surface area (Å²) in [4.78, 5) is -1.20. The van der Waals surface area contributed by atoms with Gasteiger partial charge in [0.05, 0.1) is 15.7 Å². The van der Waals surface area contributed by atoms with E-state index in [-0.39, 0.29) is 41.1 Å². The van der Waals surface area contributed by atoms with Gasteiger partial charge in [-0.15, -0.1) is 10.2 Å². The van der Waals surface area contributed by atoms with Crippen LogP contribution in [-0.4, -0.2) is 64.6 Å². The zero-order valence-electron chi connectivity index (χ0n) is 16.3. The molecule has 1 aliphatic rings. The minimum Gasteiger partial charge on any atom is -0.768 e. The maximum atomic E-state index is 13.1. The number of nitrogens with one attached hydrogen (secondary N) is 2. The summed E-state index contributed by atoms with van der Waals surface area (Å²) >= 11 is -2.54. The van der Waals surface area contributed by atoms with Gasteiger partial charge in [0, 0.05) is 18.0 Å². The Hall–Kier alpha value is -2.60. The summed E-state index contributed by atoms with van der Waals surface area (Å²) in [5.74, 6) is -0.212. The molecule has 1 saturated heterocycles. The van der Waals surface area contributed by atoms with Gasteiger partial charge in [-0.05, 0) is 45.6 Å². The van der Waals surface area contributed by atoms with Gasteiger partial charge in [0.1, 0.15) is 4.90 Å². The lowest BCUT2D eigenvalue weighted by atomic mass is 9.99. The lowest BCUT2D eigenvalue weighted by Crippen LogP contribution is -2.51. The summed E-state index contributed by atoms with van der Waals surface area (Å²) in [6.07, 6.45) is 0. The zero-order chi connectivity index (χ0) is 22.4. The molecule has 1 atom stereocenters. The number of sulfone groups is 1. The fourth-order valence-electron chi connectivity index (χ4n) is 3.23. The van der Waals surface area contributed by atoms with Gasteiger partial charge in [-0.2, -0.15) is 5.21 Å². The molecule has 0 aliphatic carbocycles. The maximum absolute atomic E-state index is 13.1. The lowest BCUT2D eigenvalue weighted by molar-refractivity contribution is 0.493. The number of tetrazole rings is 1. The average molecular weight is 501 g/mol. The predicted octanol–water partition coefficient (Wildman–Crippen LogP) is -0.673.